The predicted molar refractivity (Wildman–Crippen MR) is 70.8 cm³/mol. The lowest BCUT2D eigenvalue weighted by molar-refractivity contribution is 1.23. The standard InChI is InChI=1S/C8H16N2S2Si2/c1-8(13(2,3)11-6-9)14(4,5)12-7-10/h8H,1-5H3. The number of nitriles is 2. The van der Waals surface area contributed by atoms with Crippen molar-refractivity contribution < 1.29 is 0 Å². The van der Waals surface area contributed by atoms with E-state index in [4.69, 9.17) is 10.5 Å². The average Bonchev–Trinajstić information content (AvgIpc) is 2.02. The predicted octanol–water partition coefficient (Wildman–Crippen LogP) is 3.75. The normalized spacial score (nSPS) is 12.3. The van der Waals surface area contributed by atoms with Crippen LogP contribution >= 0.6 is 22.4 Å². The van der Waals surface area contributed by atoms with Gasteiger partial charge in [0, 0.05) is 0 Å². The van der Waals surface area contributed by atoms with E-state index < -0.39 is 14.4 Å². The molecule has 0 heterocycles. The molecule has 0 N–H and O–H groups in total. The number of rotatable bonds is 4. The minimum Gasteiger partial charge on any atom is -0.186 e. The molecule has 0 aromatic carbocycles. The first-order valence-electron chi connectivity index (χ1n) is 4.42. The second kappa shape index (κ2) is 5.27. The van der Waals surface area contributed by atoms with Crippen molar-refractivity contribution in [1.29, 1.82) is 10.5 Å². The van der Waals surface area contributed by atoms with Gasteiger partial charge in [0.25, 0.3) is 0 Å². The fourth-order valence-electron chi connectivity index (χ4n) is 1.25. The third-order valence-electron chi connectivity index (χ3n) is 2.70. The third-order valence-corrected chi connectivity index (χ3v) is 19.5. The molecule has 0 saturated heterocycles. The van der Waals surface area contributed by atoms with Crippen LogP contribution in [0.15, 0.2) is 0 Å². The van der Waals surface area contributed by atoms with Gasteiger partial charge in [-0.3, -0.25) is 0 Å². The maximum atomic E-state index is 8.74. The molecular weight excluding hydrogens is 244 g/mol. The topological polar surface area (TPSA) is 47.6 Å². The van der Waals surface area contributed by atoms with Crippen LogP contribution in [0, 0.1) is 21.3 Å². The lowest BCUT2D eigenvalue weighted by atomic mass is 10.9. The third kappa shape index (κ3) is 3.70. The molecule has 0 unspecified atom stereocenters. The summed E-state index contributed by atoms with van der Waals surface area (Å²) in [6, 6.07) is 0. The van der Waals surface area contributed by atoms with E-state index in [9.17, 15) is 0 Å². The van der Waals surface area contributed by atoms with E-state index >= 15 is 0 Å². The van der Waals surface area contributed by atoms with Crippen molar-refractivity contribution in [2.75, 3.05) is 0 Å². The molecule has 0 fully saturated rings. The SMILES string of the molecule is CC([Si](C)(C)SC#N)[Si](C)(C)SC#N. The van der Waals surface area contributed by atoms with Crippen LogP contribution in [0.25, 0.3) is 0 Å². The fraction of sp³-hybridized carbons (Fsp3) is 0.750. The summed E-state index contributed by atoms with van der Waals surface area (Å²) < 4.78 is 0. The zero-order valence-corrected chi connectivity index (χ0v) is 12.9. The van der Waals surface area contributed by atoms with E-state index in [0.717, 1.165) is 0 Å². The lowest BCUT2D eigenvalue weighted by Gasteiger charge is -2.35. The first-order chi connectivity index (χ1) is 6.28. The summed E-state index contributed by atoms with van der Waals surface area (Å²) >= 11 is 2.90. The highest BCUT2D eigenvalue weighted by Crippen LogP contribution is 2.42. The van der Waals surface area contributed by atoms with E-state index in [1.54, 1.807) is 0 Å². The Labute approximate surface area is 96.4 Å². The van der Waals surface area contributed by atoms with Crippen molar-refractivity contribution in [2.45, 2.75) is 38.3 Å². The molecule has 0 aromatic heterocycles. The minimum atomic E-state index is -1.53. The summed E-state index contributed by atoms with van der Waals surface area (Å²) in [5.74, 6) is 0. The van der Waals surface area contributed by atoms with Gasteiger partial charge in [-0.05, 0) is 5.16 Å². The summed E-state index contributed by atoms with van der Waals surface area (Å²) in [4.78, 5) is 0. The van der Waals surface area contributed by atoms with E-state index in [2.05, 4.69) is 43.9 Å². The highest BCUT2D eigenvalue weighted by Gasteiger charge is 2.42. The van der Waals surface area contributed by atoms with Gasteiger partial charge in [0.1, 0.15) is 25.2 Å². The molecule has 0 aromatic rings. The molecule has 0 rings (SSSR count). The van der Waals surface area contributed by atoms with Gasteiger partial charge in [-0.2, -0.15) is 10.5 Å². The van der Waals surface area contributed by atoms with Crippen molar-refractivity contribution in [3.63, 3.8) is 0 Å². The van der Waals surface area contributed by atoms with Crippen molar-refractivity contribution >= 4 is 36.9 Å². The Morgan fingerprint density at radius 3 is 1.43 bits per heavy atom. The number of hydrogen-bond acceptors (Lipinski definition) is 4. The summed E-state index contributed by atoms with van der Waals surface area (Å²) in [6.45, 7) is 11.1. The molecule has 0 amide bonds. The van der Waals surface area contributed by atoms with Gasteiger partial charge in [-0.25, -0.2) is 0 Å². The monoisotopic (exact) mass is 260 g/mol. The largest absolute Gasteiger partial charge is 0.186 e. The van der Waals surface area contributed by atoms with Crippen molar-refractivity contribution in [2.24, 2.45) is 0 Å². The summed E-state index contributed by atoms with van der Waals surface area (Å²) in [5.41, 5.74) is 0. The Hall–Kier alpha value is 0.114. The van der Waals surface area contributed by atoms with Crippen LogP contribution in [0.3, 0.4) is 0 Å². The Kier molecular flexibility index (Phi) is 5.31. The van der Waals surface area contributed by atoms with Gasteiger partial charge >= 0.3 is 0 Å². The molecular formula is C8H16N2S2Si2. The molecule has 0 aliphatic heterocycles. The van der Waals surface area contributed by atoms with Crippen LogP contribution in [0.5, 0.6) is 0 Å². The smallest absolute Gasteiger partial charge is 0.131 e. The Bertz CT molecular complexity index is 250. The Balaban J connectivity index is 4.69. The second-order valence-corrected chi connectivity index (χ2v) is 21.3. The zero-order valence-electron chi connectivity index (χ0n) is 9.29. The first-order valence-corrected chi connectivity index (χ1v) is 13.7. The van der Waals surface area contributed by atoms with Crippen molar-refractivity contribution in [3.8, 4) is 10.8 Å². The van der Waals surface area contributed by atoms with Gasteiger partial charge < -0.3 is 0 Å². The van der Waals surface area contributed by atoms with Crippen LogP contribution in [0.1, 0.15) is 6.92 Å². The molecule has 0 spiro atoms. The molecule has 0 radical (unpaired) electrons. The Morgan fingerprint density at radius 2 is 1.21 bits per heavy atom. The quantitative estimate of drug-likeness (QED) is 0.570. The molecule has 0 bridgehead atoms. The summed E-state index contributed by atoms with van der Waals surface area (Å²) in [6.07, 6.45) is 0. The van der Waals surface area contributed by atoms with E-state index in [-0.39, 0.29) is 0 Å². The van der Waals surface area contributed by atoms with Crippen molar-refractivity contribution in [3.05, 3.63) is 0 Å². The van der Waals surface area contributed by atoms with Crippen LogP contribution in [0.2, 0.25) is 31.4 Å². The highest BCUT2D eigenvalue weighted by molar-refractivity contribution is 8.35. The fourth-order valence-corrected chi connectivity index (χ4v) is 18.3. The summed E-state index contributed by atoms with van der Waals surface area (Å²) in [5, 5.41) is 22.5. The number of hydrogen-bond donors (Lipinski definition) is 0. The van der Waals surface area contributed by atoms with Gasteiger partial charge in [0.15, 0.2) is 0 Å². The molecule has 0 saturated carbocycles. The van der Waals surface area contributed by atoms with Crippen LogP contribution < -0.4 is 0 Å². The molecule has 0 atom stereocenters. The summed E-state index contributed by atoms with van der Waals surface area (Å²) in [7, 11) is -3.07. The van der Waals surface area contributed by atoms with Gasteiger partial charge in [0.2, 0.25) is 0 Å². The molecule has 0 aliphatic carbocycles. The zero-order chi connectivity index (χ0) is 11.4. The van der Waals surface area contributed by atoms with Gasteiger partial charge in [-0.15, -0.1) is 0 Å². The molecule has 2 nitrogen and oxygen atoms in total. The van der Waals surface area contributed by atoms with Crippen LogP contribution in [-0.2, 0) is 0 Å². The minimum absolute atomic E-state index is 0.560. The van der Waals surface area contributed by atoms with E-state index in [1.807, 2.05) is 0 Å². The van der Waals surface area contributed by atoms with Crippen LogP contribution in [-0.4, -0.2) is 14.4 Å². The van der Waals surface area contributed by atoms with Crippen molar-refractivity contribution in [1.82, 2.24) is 0 Å². The Morgan fingerprint density at radius 1 is 0.929 bits per heavy atom. The van der Waals surface area contributed by atoms with Gasteiger partial charge in [0.05, 0.1) is 0 Å². The first kappa shape index (κ1) is 14.1. The highest BCUT2D eigenvalue weighted by atomic mass is 32.4. The number of nitrogens with zero attached hydrogens (tertiary/aromatic N) is 2. The molecule has 14 heavy (non-hydrogen) atoms. The maximum Gasteiger partial charge on any atom is 0.131 e. The second-order valence-electron chi connectivity index (χ2n) is 4.32. The molecule has 78 valence electrons. The molecule has 0 aliphatic rings. The van der Waals surface area contributed by atoms with E-state index in [0.29, 0.717) is 5.16 Å². The lowest BCUT2D eigenvalue weighted by Crippen LogP contribution is -2.41. The van der Waals surface area contributed by atoms with Gasteiger partial charge in [-0.1, -0.05) is 55.5 Å². The van der Waals surface area contributed by atoms with Crippen LogP contribution in [0.4, 0.5) is 0 Å². The average molecular weight is 261 g/mol. The van der Waals surface area contributed by atoms with E-state index in [1.165, 1.54) is 22.4 Å². The molecule has 6 heteroatoms. The number of thiocyanates is 2. The maximum absolute atomic E-state index is 8.74.